The minimum atomic E-state index is -0.148. The molecule has 3 aromatic rings. The Balaban J connectivity index is 1.59. The number of carbonyl (C=O) groups is 1. The zero-order valence-corrected chi connectivity index (χ0v) is 20.0. The number of likely N-dealkylation sites (N-methyl/N-ethyl adjacent to an activating group) is 1. The Hall–Kier alpha value is -2.81. The first kappa shape index (κ1) is 23.8. The number of hydrogen-bond acceptors (Lipinski definition) is 7. The number of carbonyl (C=O) groups excluding carboxylic acids is 1. The molecule has 1 amide bonds. The van der Waals surface area contributed by atoms with E-state index in [-0.39, 0.29) is 12.5 Å². The summed E-state index contributed by atoms with van der Waals surface area (Å²) in [4.78, 5) is 19.8. The summed E-state index contributed by atoms with van der Waals surface area (Å²) in [6, 6.07) is 11.4. The number of benzene rings is 2. The normalized spacial score (nSPS) is 10.8. The van der Waals surface area contributed by atoms with E-state index in [1.165, 1.54) is 11.3 Å². The number of thiazole rings is 1. The lowest BCUT2D eigenvalue weighted by atomic mass is 10.1. The lowest BCUT2D eigenvalue weighted by Gasteiger charge is -2.20. The SMILES string of the molecule is COc1ccc(CN(C)CC(=O)Nc2ncc(Cc3ccccc3Cl)s2)c(OC)c1OC. The summed E-state index contributed by atoms with van der Waals surface area (Å²) in [6.07, 6.45) is 2.44. The van der Waals surface area contributed by atoms with Gasteiger partial charge in [0.2, 0.25) is 11.7 Å². The van der Waals surface area contributed by atoms with Crippen LogP contribution >= 0.6 is 22.9 Å². The van der Waals surface area contributed by atoms with Crippen LogP contribution in [0.1, 0.15) is 16.0 Å². The predicted octanol–water partition coefficient (Wildman–Crippen LogP) is 4.48. The number of halogens is 1. The van der Waals surface area contributed by atoms with Crippen molar-refractivity contribution in [1.82, 2.24) is 9.88 Å². The van der Waals surface area contributed by atoms with Crippen molar-refractivity contribution in [3.8, 4) is 17.2 Å². The molecule has 0 fully saturated rings. The topological polar surface area (TPSA) is 72.9 Å². The van der Waals surface area contributed by atoms with Gasteiger partial charge in [-0.15, -0.1) is 11.3 Å². The number of nitrogens with one attached hydrogen (secondary N) is 1. The van der Waals surface area contributed by atoms with E-state index < -0.39 is 0 Å². The maximum Gasteiger partial charge on any atom is 0.240 e. The molecule has 1 heterocycles. The molecule has 0 aliphatic carbocycles. The summed E-state index contributed by atoms with van der Waals surface area (Å²) in [7, 11) is 6.58. The number of amides is 1. The predicted molar refractivity (Wildman–Crippen MR) is 127 cm³/mol. The number of anilines is 1. The molecule has 2 aromatic carbocycles. The number of methoxy groups -OCH3 is 3. The molecule has 0 unspecified atom stereocenters. The van der Waals surface area contributed by atoms with Crippen LogP contribution in [0.15, 0.2) is 42.6 Å². The molecular formula is C23H26ClN3O4S. The van der Waals surface area contributed by atoms with Crippen LogP contribution in [0.2, 0.25) is 5.02 Å². The van der Waals surface area contributed by atoms with Gasteiger partial charge in [-0.25, -0.2) is 4.98 Å². The standard InChI is InChI=1S/C23H26ClN3O4S/c1-27(13-16-9-10-19(29-2)22(31-4)21(16)30-3)14-20(28)26-23-25-12-17(32-23)11-15-7-5-6-8-18(15)24/h5-10,12H,11,13-14H2,1-4H3,(H,25,26,28). The maximum atomic E-state index is 12.5. The Kier molecular flexibility index (Phi) is 8.33. The fourth-order valence-electron chi connectivity index (χ4n) is 3.31. The highest BCUT2D eigenvalue weighted by atomic mass is 35.5. The van der Waals surface area contributed by atoms with Crippen LogP contribution in [-0.4, -0.2) is 50.7 Å². The Morgan fingerprint density at radius 3 is 2.50 bits per heavy atom. The molecule has 7 nitrogen and oxygen atoms in total. The highest BCUT2D eigenvalue weighted by molar-refractivity contribution is 7.15. The van der Waals surface area contributed by atoms with Gasteiger partial charge in [0, 0.05) is 34.6 Å². The van der Waals surface area contributed by atoms with Crippen LogP contribution in [-0.2, 0) is 17.8 Å². The molecule has 0 atom stereocenters. The zero-order chi connectivity index (χ0) is 23.1. The van der Waals surface area contributed by atoms with E-state index in [1.807, 2.05) is 48.3 Å². The molecule has 170 valence electrons. The van der Waals surface area contributed by atoms with Gasteiger partial charge in [0.25, 0.3) is 0 Å². The lowest BCUT2D eigenvalue weighted by Crippen LogP contribution is -2.30. The van der Waals surface area contributed by atoms with Gasteiger partial charge in [0.05, 0.1) is 27.9 Å². The average Bonchev–Trinajstić information content (AvgIpc) is 3.21. The van der Waals surface area contributed by atoms with Crippen molar-refractivity contribution in [1.29, 1.82) is 0 Å². The number of aromatic nitrogens is 1. The van der Waals surface area contributed by atoms with E-state index in [4.69, 9.17) is 25.8 Å². The summed E-state index contributed by atoms with van der Waals surface area (Å²) in [5.41, 5.74) is 1.91. The van der Waals surface area contributed by atoms with E-state index in [2.05, 4.69) is 10.3 Å². The Labute approximate surface area is 196 Å². The largest absolute Gasteiger partial charge is 0.493 e. The molecule has 0 aliphatic heterocycles. The van der Waals surface area contributed by atoms with Gasteiger partial charge in [-0.2, -0.15) is 0 Å². The van der Waals surface area contributed by atoms with Crippen molar-refractivity contribution in [2.24, 2.45) is 0 Å². The van der Waals surface area contributed by atoms with Crippen molar-refractivity contribution in [3.05, 3.63) is 63.6 Å². The number of ether oxygens (including phenoxy) is 3. The molecular weight excluding hydrogens is 450 g/mol. The second-order valence-corrected chi connectivity index (χ2v) is 8.64. The minimum Gasteiger partial charge on any atom is -0.493 e. The monoisotopic (exact) mass is 475 g/mol. The molecule has 3 rings (SSSR count). The van der Waals surface area contributed by atoms with E-state index in [0.29, 0.717) is 35.3 Å². The summed E-state index contributed by atoms with van der Waals surface area (Å²) in [5.74, 6) is 1.55. The van der Waals surface area contributed by atoms with Gasteiger partial charge >= 0.3 is 0 Å². The zero-order valence-electron chi connectivity index (χ0n) is 18.5. The highest BCUT2D eigenvalue weighted by Gasteiger charge is 2.18. The van der Waals surface area contributed by atoms with Crippen LogP contribution in [0.5, 0.6) is 17.2 Å². The number of nitrogens with zero attached hydrogens (tertiary/aromatic N) is 2. The fraction of sp³-hybridized carbons (Fsp3) is 0.304. The maximum absolute atomic E-state index is 12.5. The second-order valence-electron chi connectivity index (χ2n) is 7.11. The van der Waals surface area contributed by atoms with Crippen LogP contribution in [0.4, 0.5) is 5.13 Å². The number of hydrogen-bond donors (Lipinski definition) is 1. The van der Waals surface area contributed by atoms with Gasteiger partial charge in [-0.1, -0.05) is 35.9 Å². The average molecular weight is 476 g/mol. The van der Waals surface area contributed by atoms with Gasteiger partial charge in [-0.3, -0.25) is 9.69 Å². The molecule has 1 N–H and O–H groups in total. The molecule has 0 aliphatic rings. The van der Waals surface area contributed by atoms with Gasteiger partial charge < -0.3 is 19.5 Å². The van der Waals surface area contributed by atoms with Crippen LogP contribution in [0.3, 0.4) is 0 Å². The van der Waals surface area contributed by atoms with Crippen LogP contribution in [0, 0.1) is 0 Å². The summed E-state index contributed by atoms with van der Waals surface area (Å²) in [6.45, 7) is 0.684. The van der Waals surface area contributed by atoms with Crippen LogP contribution in [0.25, 0.3) is 0 Å². The Morgan fingerprint density at radius 2 is 1.81 bits per heavy atom. The quantitative estimate of drug-likeness (QED) is 0.466. The molecule has 0 radical (unpaired) electrons. The molecule has 0 spiro atoms. The second kappa shape index (κ2) is 11.2. The smallest absolute Gasteiger partial charge is 0.240 e. The Bertz CT molecular complexity index is 1070. The van der Waals surface area contributed by atoms with Crippen molar-refractivity contribution in [3.63, 3.8) is 0 Å². The van der Waals surface area contributed by atoms with Gasteiger partial charge in [-0.05, 0) is 24.7 Å². The first-order valence-electron chi connectivity index (χ1n) is 9.89. The molecule has 0 saturated carbocycles. The fourth-order valence-corrected chi connectivity index (χ4v) is 4.37. The van der Waals surface area contributed by atoms with Crippen molar-refractivity contribution in [2.75, 3.05) is 40.2 Å². The van der Waals surface area contributed by atoms with Crippen molar-refractivity contribution < 1.29 is 19.0 Å². The third kappa shape index (κ3) is 5.91. The summed E-state index contributed by atoms with van der Waals surface area (Å²) < 4.78 is 16.3. The van der Waals surface area contributed by atoms with Gasteiger partial charge in [0.15, 0.2) is 16.6 Å². The van der Waals surface area contributed by atoms with E-state index in [0.717, 1.165) is 21.0 Å². The van der Waals surface area contributed by atoms with E-state index in [9.17, 15) is 4.79 Å². The number of rotatable bonds is 10. The lowest BCUT2D eigenvalue weighted by molar-refractivity contribution is -0.117. The minimum absolute atomic E-state index is 0.148. The van der Waals surface area contributed by atoms with E-state index >= 15 is 0 Å². The van der Waals surface area contributed by atoms with Gasteiger partial charge in [0.1, 0.15) is 0 Å². The molecule has 32 heavy (non-hydrogen) atoms. The first-order valence-corrected chi connectivity index (χ1v) is 11.1. The molecule has 1 aromatic heterocycles. The summed E-state index contributed by atoms with van der Waals surface area (Å²) >= 11 is 7.67. The van der Waals surface area contributed by atoms with Crippen molar-refractivity contribution >= 4 is 34.0 Å². The highest BCUT2D eigenvalue weighted by Crippen LogP contribution is 2.40. The Morgan fingerprint density at radius 1 is 1.06 bits per heavy atom. The van der Waals surface area contributed by atoms with Crippen molar-refractivity contribution in [2.45, 2.75) is 13.0 Å². The third-order valence-electron chi connectivity index (χ3n) is 4.76. The molecule has 0 saturated heterocycles. The third-order valence-corrected chi connectivity index (χ3v) is 6.04. The van der Waals surface area contributed by atoms with E-state index in [1.54, 1.807) is 27.5 Å². The summed E-state index contributed by atoms with van der Waals surface area (Å²) in [5, 5.41) is 4.15. The van der Waals surface area contributed by atoms with Crippen LogP contribution < -0.4 is 19.5 Å². The molecule has 0 bridgehead atoms. The first-order chi connectivity index (χ1) is 15.4. The molecule has 9 heteroatoms.